The average molecular weight is 427 g/mol. The van der Waals surface area contributed by atoms with E-state index in [1.807, 2.05) is 37.3 Å². The quantitative estimate of drug-likeness (QED) is 0.560. The molecule has 0 aliphatic carbocycles. The highest BCUT2D eigenvalue weighted by molar-refractivity contribution is 5.93. The monoisotopic (exact) mass is 426 g/mol. The largest absolute Gasteiger partial charge is 0.394 e. The molecule has 0 bridgehead atoms. The van der Waals surface area contributed by atoms with Crippen molar-refractivity contribution in [2.45, 2.75) is 32.6 Å². The Morgan fingerprint density at radius 1 is 0.938 bits per heavy atom. The zero-order chi connectivity index (χ0) is 22.5. The third kappa shape index (κ3) is 4.82. The van der Waals surface area contributed by atoms with E-state index in [1.165, 1.54) is 22.3 Å². The number of nitrogens with zero attached hydrogens (tertiary/aromatic N) is 2. The number of aliphatic hydroxyl groups excluding tert-OH is 1. The first-order valence-electron chi connectivity index (χ1n) is 11.1. The van der Waals surface area contributed by atoms with E-state index in [9.17, 15) is 9.90 Å². The molecule has 0 radical (unpaired) electrons. The molecule has 1 atom stereocenters. The molecule has 3 aromatic rings. The molecule has 1 aliphatic rings. The van der Waals surface area contributed by atoms with E-state index in [0.717, 1.165) is 18.7 Å². The Hall–Kier alpha value is -3.21. The lowest BCUT2D eigenvalue weighted by Gasteiger charge is -2.30. The first kappa shape index (κ1) is 22.0. The fraction of sp³-hybridized carbons (Fsp3) is 0.250. The zero-order valence-electron chi connectivity index (χ0n) is 18.6. The van der Waals surface area contributed by atoms with E-state index in [0.29, 0.717) is 18.7 Å². The summed E-state index contributed by atoms with van der Waals surface area (Å²) < 4.78 is 0. The van der Waals surface area contributed by atoms with Gasteiger partial charge < -0.3 is 10.0 Å². The number of carbonyl (C=O) groups excluding carboxylic acids is 1. The SMILES string of the molecule is C=C(CN1Cc2ccccc2-c2ccccc2C1)C(=O)N(Cc1ccccc1)C(C)CO. The Morgan fingerprint density at radius 3 is 2.03 bits per heavy atom. The van der Waals surface area contributed by atoms with Gasteiger partial charge in [0.1, 0.15) is 0 Å². The van der Waals surface area contributed by atoms with Crippen molar-refractivity contribution >= 4 is 5.91 Å². The summed E-state index contributed by atoms with van der Waals surface area (Å²) in [5.74, 6) is -0.110. The number of hydrogen-bond acceptors (Lipinski definition) is 3. The van der Waals surface area contributed by atoms with Crippen molar-refractivity contribution in [3.05, 3.63) is 108 Å². The van der Waals surface area contributed by atoms with Crippen molar-refractivity contribution in [1.82, 2.24) is 9.80 Å². The van der Waals surface area contributed by atoms with E-state index in [4.69, 9.17) is 0 Å². The number of fused-ring (bicyclic) bond motifs is 3. The molecule has 0 aromatic heterocycles. The van der Waals surface area contributed by atoms with Crippen LogP contribution < -0.4 is 0 Å². The molecule has 0 saturated carbocycles. The highest BCUT2D eigenvalue weighted by atomic mass is 16.3. The fourth-order valence-corrected chi connectivity index (χ4v) is 4.34. The summed E-state index contributed by atoms with van der Waals surface area (Å²) >= 11 is 0. The molecule has 0 spiro atoms. The third-order valence-electron chi connectivity index (χ3n) is 6.08. The van der Waals surface area contributed by atoms with Gasteiger partial charge in [0.05, 0.1) is 12.6 Å². The van der Waals surface area contributed by atoms with Gasteiger partial charge in [-0.25, -0.2) is 0 Å². The summed E-state index contributed by atoms with van der Waals surface area (Å²) in [6, 6.07) is 26.5. The zero-order valence-corrected chi connectivity index (χ0v) is 18.6. The van der Waals surface area contributed by atoms with Crippen LogP contribution >= 0.6 is 0 Å². The van der Waals surface area contributed by atoms with Gasteiger partial charge in [0.25, 0.3) is 5.91 Å². The van der Waals surface area contributed by atoms with Gasteiger partial charge in [0.2, 0.25) is 0 Å². The topological polar surface area (TPSA) is 43.8 Å². The molecule has 0 fully saturated rings. The molecular weight excluding hydrogens is 396 g/mol. The molecule has 1 N–H and O–H groups in total. The van der Waals surface area contributed by atoms with Gasteiger partial charge in [-0.15, -0.1) is 0 Å². The van der Waals surface area contributed by atoms with Crippen molar-refractivity contribution < 1.29 is 9.90 Å². The minimum Gasteiger partial charge on any atom is -0.394 e. The number of amides is 1. The summed E-state index contributed by atoms with van der Waals surface area (Å²) in [4.78, 5) is 17.4. The van der Waals surface area contributed by atoms with Crippen LogP contribution in [0.3, 0.4) is 0 Å². The fourth-order valence-electron chi connectivity index (χ4n) is 4.34. The van der Waals surface area contributed by atoms with E-state index in [1.54, 1.807) is 4.90 Å². The van der Waals surface area contributed by atoms with E-state index in [-0.39, 0.29) is 18.6 Å². The molecule has 4 rings (SSSR count). The second-order valence-electron chi connectivity index (χ2n) is 8.51. The molecule has 32 heavy (non-hydrogen) atoms. The Bertz CT molecular complexity index is 1050. The maximum Gasteiger partial charge on any atom is 0.251 e. The van der Waals surface area contributed by atoms with Crippen molar-refractivity contribution in [2.75, 3.05) is 13.2 Å². The Balaban J connectivity index is 1.54. The standard InChI is InChI=1S/C28H30N2O2/c1-21(28(32)30(22(2)20-31)17-23-10-4-3-5-11-23)16-29-18-24-12-6-8-14-26(24)27-15-9-7-13-25(27)19-29/h3-15,22,31H,1,16-20H2,2H3. The van der Waals surface area contributed by atoms with Gasteiger partial charge in [0.15, 0.2) is 0 Å². The molecule has 1 amide bonds. The van der Waals surface area contributed by atoms with Crippen molar-refractivity contribution in [2.24, 2.45) is 0 Å². The van der Waals surface area contributed by atoms with Crippen molar-refractivity contribution in [3.8, 4) is 11.1 Å². The first-order valence-corrected chi connectivity index (χ1v) is 11.1. The molecule has 1 aliphatic heterocycles. The molecular formula is C28H30N2O2. The molecule has 1 heterocycles. The first-order chi connectivity index (χ1) is 15.6. The number of hydrogen-bond donors (Lipinski definition) is 1. The second-order valence-corrected chi connectivity index (χ2v) is 8.51. The minimum atomic E-state index is -0.287. The van der Waals surface area contributed by atoms with Crippen LogP contribution in [0.25, 0.3) is 11.1 Å². The summed E-state index contributed by atoms with van der Waals surface area (Å²) in [5.41, 5.74) is 6.58. The van der Waals surface area contributed by atoms with Crippen LogP contribution in [-0.4, -0.2) is 40.0 Å². The lowest BCUT2D eigenvalue weighted by atomic mass is 9.97. The molecule has 1 unspecified atom stereocenters. The van der Waals surface area contributed by atoms with Crippen LogP contribution in [0, 0.1) is 0 Å². The normalized spacial score (nSPS) is 14.1. The Morgan fingerprint density at radius 2 is 1.47 bits per heavy atom. The van der Waals surface area contributed by atoms with Crippen LogP contribution in [0.4, 0.5) is 0 Å². The van der Waals surface area contributed by atoms with Gasteiger partial charge in [-0.3, -0.25) is 9.69 Å². The van der Waals surface area contributed by atoms with Crippen LogP contribution in [0.15, 0.2) is 91.0 Å². The lowest BCUT2D eigenvalue weighted by Crippen LogP contribution is -2.42. The Kier molecular flexibility index (Phi) is 6.84. The highest BCUT2D eigenvalue weighted by Crippen LogP contribution is 2.32. The van der Waals surface area contributed by atoms with E-state index in [2.05, 4.69) is 60.0 Å². The summed E-state index contributed by atoms with van der Waals surface area (Å²) in [5, 5.41) is 9.76. The van der Waals surface area contributed by atoms with Crippen molar-refractivity contribution in [3.63, 3.8) is 0 Å². The number of rotatable bonds is 7. The van der Waals surface area contributed by atoms with Gasteiger partial charge in [0, 0.05) is 31.8 Å². The summed E-state index contributed by atoms with van der Waals surface area (Å²) in [6.45, 7) is 8.37. The molecule has 4 heteroatoms. The van der Waals surface area contributed by atoms with Gasteiger partial charge in [-0.05, 0) is 34.7 Å². The van der Waals surface area contributed by atoms with Gasteiger partial charge in [-0.2, -0.15) is 0 Å². The van der Waals surface area contributed by atoms with Crippen LogP contribution in [0.1, 0.15) is 23.6 Å². The second kappa shape index (κ2) is 9.94. The van der Waals surface area contributed by atoms with E-state index < -0.39 is 0 Å². The number of aliphatic hydroxyl groups is 1. The molecule has 164 valence electrons. The van der Waals surface area contributed by atoms with Crippen LogP contribution in [0.5, 0.6) is 0 Å². The van der Waals surface area contributed by atoms with Crippen molar-refractivity contribution in [1.29, 1.82) is 0 Å². The smallest absolute Gasteiger partial charge is 0.251 e. The highest BCUT2D eigenvalue weighted by Gasteiger charge is 2.25. The number of carbonyl (C=O) groups is 1. The van der Waals surface area contributed by atoms with Crippen LogP contribution in [-0.2, 0) is 24.4 Å². The maximum atomic E-state index is 13.4. The molecule has 4 nitrogen and oxygen atoms in total. The minimum absolute atomic E-state index is 0.0870. The third-order valence-corrected chi connectivity index (χ3v) is 6.08. The maximum absolute atomic E-state index is 13.4. The molecule has 0 saturated heterocycles. The van der Waals surface area contributed by atoms with Gasteiger partial charge >= 0.3 is 0 Å². The molecule has 3 aromatic carbocycles. The average Bonchev–Trinajstić information content (AvgIpc) is 2.98. The Labute approximate surface area is 190 Å². The van der Waals surface area contributed by atoms with Crippen LogP contribution in [0.2, 0.25) is 0 Å². The predicted octanol–water partition coefficient (Wildman–Crippen LogP) is 4.64. The number of benzene rings is 3. The van der Waals surface area contributed by atoms with Gasteiger partial charge in [-0.1, -0.05) is 85.4 Å². The van der Waals surface area contributed by atoms with E-state index >= 15 is 0 Å². The summed E-state index contributed by atoms with van der Waals surface area (Å²) in [7, 11) is 0. The lowest BCUT2D eigenvalue weighted by molar-refractivity contribution is -0.130. The summed E-state index contributed by atoms with van der Waals surface area (Å²) in [6.07, 6.45) is 0. The predicted molar refractivity (Wildman–Crippen MR) is 129 cm³/mol.